The Morgan fingerprint density at radius 3 is 2.09 bits per heavy atom. The first-order valence-electron chi connectivity index (χ1n) is 6.25. The molecule has 0 aromatic carbocycles. The van der Waals surface area contributed by atoms with Crippen LogP contribution >= 0.6 is 20.6 Å². The summed E-state index contributed by atoms with van der Waals surface area (Å²) in [5, 5.41) is 0. The summed E-state index contributed by atoms with van der Waals surface area (Å²) >= 11 is -3.34. The van der Waals surface area contributed by atoms with Crippen molar-refractivity contribution in [2.45, 2.75) is 44.5 Å². The molecule has 0 spiro atoms. The van der Waals surface area contributed by atoms with Crippen molar-refractivity contribution in [1.82, 2.24) is 4.90 Å². The van der Waals surface area contributed by atoms with Gasteiger partial charge in [0.25, 0.3) is 0 Å². The van der Waals surface area contributed by atoms with Crippen molar-refractivity contribution in [3.8, 4) is 0 Å². The van der Waals surface area contributed by atoms with E-state index in [4.69, 9.17) is 15.6 Å². The molecule has 1 aliphatic rings. The van der Waals surface area contributed by atoms with Crippen molar-refractivity contribution in [2.24, 2.45) is 0 Å². The monoisotopic (exact) mass is 431 g/mol. The zero-order chi connectivity index (χ0) is 17.1. The van der Waals surface area contributed by atoms with Gasteiger partial charge in [-0.15, -0.1) is 0 Å². The van der Waals surface area contributed by atoms with Crippen molar-refractivity contribution >= 4 is 44.7 Å². The third-order valence-electron chi connectivity index (χ3n) is 1.92. The molecule has 1 unspecified atom stereocenters. The van der Waals surface area contributed by atoms with Crippen molar-refractivity contribution in [3.63, 3.8) is 0 Å². The first kappa shape index (κ1) is 18.5. The molecule has 0 N–H and O–H groups in total. The summed E-state index contributed by atoms with van der Waals surface area (Å²) in [6, 6.07) is 0. The molecule has 0 aromatic heterocycles. The fourth-order valence-corrected chi connectivity index (χ4v) is 4.54. The predicted molar refractivity (Wildman–Crippen MR) is 80.4 cm³/mol. The van der Waals surface area contributed by atoms with E-state index >= 15 is 0 Å². The first-order valence-corrected chi connectivity index (χ1v) is 9.26. The summed E-state index contributed by atoms with van der Waals surface area (Å²) in [6.07, 6.45) is -0.815. The van der Waals surface area contributed by atoms with Crippen LogP contribution in [-0.2, 0) is 30.0 Å². The van der Waals surface area contributed by atoms with E-state index in [1.54, 1.807) is 20.8 Å². The number of esters is 1. The van der Waals surface area contributed by atoms with Gasteiger partial charge >= 0.3 is 135 Å². The Morgan fingerprint density at radius 1 is 1.18 bits per heavy atom. The van der Waals surface area contributed by atoms with Crippen LogP contribution in [-0.4, -0.2) is 45.3 Å². The number of amides is 1. The number of ether oxygens (including phenoxy) is 2. The summed E-state index contributed by atoms with van der Waals surface area (Å²) in [5.74, 6) is -2.09. The third-order valence-corrected chi connectivity index (χ3v) is 5.83. The third kappa shape index (κ3) is 5.66. The van der Waals surface area contributed by atoms with Gasteiger partial charge in [-0.3, -0.25) is 0 Å². The molecule has 126 valence electrons. The number of hydrogen-bond donors (Lipinski definition) is 0. The molecule has 0 aromatic rings. The quantitative estimate of drug-likeness (QED) is 0.287. The zero-order valence-electron chi connectivity index (χ0n) is 12.9. The average Bonchev–Trinajstić information content (AvgIpc) is 2.67. The summed E-state index contributed by atoms with van der Waals surface area (Å²) in [5.41, 5.74) is -0.783. The van der Waals surface area contributed by atoms with Crippen molar-refractivity contribution in [3.05, 3.63) is 0 Å². The first-order chi connectivity index (χ1) is 9.99. The van der Waals surface area contributed by atoms with Gasteiger partial charge in [-0.05, 0) is 0 Å². The summed E-state index contributed by atoms with van der Waals surface area (Å²) < 4.78 is 18.8. The molecule has 1 heterocycles. The van der Waals surface area contributed by atoms with Crippen LogP contribution in [0.5, 0.6) is 0 Å². The topological polar surface area (TPSA) is 108 Å². The molecule has 1 atom stereocenters. The Balaban J connectivity index is 2.94. The molecule has 0 bridgehead atoms. The summed E-state index contributed by atoms with van der Waals surface area (Å²) in [7, 11) is 0. The van der Waals surface area contributed by atoms with Crippen LogP contribution in [0.3, 0.4) is 0 Å². The number of cyclic esters (lactones) is 1. The number of hydrogen-bond acceptors (Lipinski definition) is 8. The molecule has 1 fully saturated rings. The van der Waals surface area contributed by atoms with Crippen LogP contribution in [0.2, 0.25) is 0 Å². The molecule has 1 amide bonds. The van der Waals surface area contributed by atoms with Gasteiger partial charge in [0.1, 0.15) is 0 Å². The van der Waals surface area contributed by atoms with Crippen molar-refractivity contribution in [1.29, 1.82) is 0 Å². The number of nitrogens with zero attached hydrogens (tertiary/aromatic N) is 1. The molecule has 0 aliphatic carbocycles. The van der Waals surface area contributed by atoms with Crippen molar-refractivity contribution in [2.75, 3.05) is 6.54 Å². The van der Waals surface area contributed by atoms with Gasteiger partial charge < -0.3 is 0 Å². The fraction of sp³-hybridized carbons (Fsp3) is 0.667. The number of halogens is 1. The standard InChI is InChI=1S/C12H18INO8/c1-7(15)21-13(22-8(2)16)10-14(6-9(17)19-10)11(18)20-12(3,4)5/h10H,6H2,1-5H3. The minimum absolute atomic E-state index is 0.365. The molecule has 1 rings (SSSR count). The molecule has 10 heteroatoms. The van der Waals surface area contributed by atoms with Gasteiger partial charge in [-0.25, -0.2) is 0 Å². The van der Waals surface area contributed by atoms with Crippen LogP contribution in [0.1, 0.15) is 34.6 Å². The van der Waals surface area contributed by atoms with Crippen LogP contribution < -0.4 is 0 Å². The maximum absolute atomic E-state index is 12.1. The van der Waals surface area contributed by atoms with E-state index in [0.717, 1.165) is 18.7 Å². The van der Waals surface area contributed by atoms with E-state index in [9.17, 15) is 19.2 Å². The van der Waals surface area contributed by atoms with Gasteiger partial charge in [-0.1, -0.05) is 0 Å². The van der Waals surface area contributed by atoms with E-state index < -0.39 is 54.5 Å². The van der Waals surface area contributed by atoms with Gasteiger partial charge in [0.15, 0.2) is 0 Å². The Kier molecular flexibility index (Phi) is 5.97. The Labute approximate surface area is 135 Å². The summed E-state index contributed by atoms with van der Waals surface area (Å²) in [4.78, 5) is 46.8. The van der Waals surface area contributed by atoms with Crippen LogP contribution in [0.4, 0.5) is 4.79 Å². The van der Waals surface area contributed by atoms with E-state index in [-0.39, 0.29) is 6.54 Å². The van der Waals surface area contributed by atoms with E-state index in [2.05, 4.69) is 0 Å². The fourth-order valence-electron chi connectivity index (χ4n) is 1.33. The molecular weight excluding hydrogens is 413 g/mol. The molecule has 0 saturated carbocycles. The van der Waals surface area contributed by atoms with E-state index in [0.29, 0.717) is 0 Å². The number of alkyl halides is 1. The van der Waals surface area contributed by atoms with Gasteiger partial charge in [0, 0.05) is 0 Å². The zero-order valence-corrected chi connectivity index (χ0v) is 15.0. The molecule has 1 aliphatic heterocycles. The second kappa shape index (κ2) is 7.11. The normalized spacial score (nSPS) is 18.4. The SMILES string of the molecule is CC(=O)OI(OC(C)=O)C1OC(=O)CN1C(=O)OC(C)(C)C. The number of carbonyl (C=O) groups excluding carboxylic acids is 4. The number of rotatable bonds is 3. The second-order valence-electron chi connectivity index (χ2n) is 5.27. The average molecular weight is 431 g/mol. The summed E-state index contributed by atoms with van der Waals surface area (Å²) in [6.45, 7) is 6.87. The van der Waals surface area contributed by atoms with Crippen LogP contribution in [0.15, 0.2) is 0 Å². The van der Waals surface area contributed by atoms with E-state index in [1.165, 1.54) is 0 Å². The Hall–Kier alpha value is -1.59. The van der Waals surface area contributed by atoms with Crippen molar-refractivity contribution < 1.29 is 34.8 Å². The Morgan fingerprint density at radius 2 is 1.68 bits per heavy atom. The molecule has 9 nitrogen and oxygen atoms in total. The van der Waals surface area contributed by atoms with Crippen LogP contribution in [0, 0.1) is 0 Å². The number of carbonyl (C=O) groups is 4. The van der Waals surface area contributed by atoms with Crippen LogP contribution in [0.25, 0.3) is 0 Å². The van der Waals surface area contributed by atoms with Gasteiger partial charge in [0.2, 0.25) is 0 Å². The molecule has 1 saturated heterocycles. The molecular formula is C12H18INO8. The molecule has 0 radical (unpaired) electrons. The van der Waals surface area contributed by atoms with Gasteiger partial charge in [0.05, 0.1) is 0 Å². The van der Waals surface area contributed by atoms with Gasteiger partial charge in [-0.2, -0.15) is 0 Å². The molecule has 22 heavy (non-hydrogen) atoms. The maximum atomic E-state index is 12.1. The van der Waals surface area contributed by atoms with E-state index in [1.807, 2.05) is 0 Å². The Bertz CT molecular complexity index is 470. The predicted octanol–water partition coefficient (Wildman–Crippen LogP) is 1.53. The minimum atomic E-state index is -3.34. The second-order valence-corrected chi connectivity index (χ2v) is 8.59.